The van der Waals surface area contributed by atoms with Gasteiger partial charge in [-0.2, -0.15) is 0 Å². The van der Waals surface area contributed by atoms with Crippen molar-refractivity contribution in [3.63, 3.8) is 0 Å². The van der Waals surface area contributed by atoms with Crippen molar-refractivity contribution in [2.45, 2.75) is 13.8 Å². The zero-order chi connectivity index (χ0) is 15.9. The number of esters is 1. The number of ether oxygens (including phenoxy) is 2. The second-order valence-electron chi connectivity index (χ2n) is 5.10. The van der Waals surface area contributed by atoms with Crippen LogP contribution in [0.15, 0.2) is 42.7 Å². The molecule has 0 radical (unpaired) electrons. The first-order valence-electron chi connectivity index (χ1n) is 7.08. The van der Waals surface area contributed by atoms with Crippen LogP contribution in [0, 0.1) is 5.92 Å². The summed E-state index contributed by atoms with van der Waals surface area (Å²) in [5.74, 6) is 0.502. The average molecular weight is 297 g/mol. The molecule has 2 rings (SSSR count). The molecule has 1 heterocycles. The van der Waals surface area contributed by atoms with Crippen LogP contribution in [0.1, 0.15) is 25.0 Å². The molecule has 0 N–H and O–H groups in total. The molecular weight excluding hydrogens is 278 g/mol. The van der Waals surface area contributed by atoms with Crippen molar-refractivity contribution in [2.75, 3.05) is 7.11 Å². The second-order valence-corrected chi connectivity index (χ2v) is 5.10. The van der Waals surface area contributed by atoms with E-state index in [0.29, 0.717) is 11.5 Å². The molecule has 0 unspecified atom stereocenters. The van der Waals surface area contributed by atoms with E-state index in [9.17, 15) is 4.79 Å². The summed E-state index contributed by atoms with van der Waals surface area (Å²) in [5.41, 5.74) is 2.02. The Morgan fingerprint density at radius 3 is 2.36 bits per heavy atom. The van der Waals surface area contributed by atoms with Gasteiger partial charge in [-0.15, -0.1) is 0 Å². The van der Waals surface area contributed by atoms with Crippen LogP contribution in [-0.2, 0) is 4.79 Å². The Labute approximate surface area is 130 Å². The molecule has 0 spiro atoms. The van der Waals surface area contributed by atoms with E-state index in [1.807, 2.05) is 36.4 Å². The van der Waals surface area contributed by atoms with Gasteiger partial charge in [0, 0.05) is 12.4 Å². The minimum Gasteiger partial charge on any atom is -0.493 e. The summed E-state index contributed by atoms with van der Waals surface area (Å²) in [6.45, 7) is 3.58. The van der Waals surface area contributed by atoms with E-state index in [4.69, 9.17) is 9.47 Å². The molecule has 0 aliphatic carbocycles. The first kappa shape index (κ1) is 15.8. The maximum Gasteiger partial charge on any atom is 0.313 e. The van der Waals surface area contributed by atoms with E-state index in [0.717, 1.165) is 11.1 Å². The lowest BCUT2D eigenvalue weighted by atomic mass is 10.1. The first-order valence-corrected chi connectivity index (χ1v) is 7.08. The Morgan fingerprint density at radius 2 is 1.73 bits per heavy atom. The van der Waals surface area contributed by atoms with Crippen molar-refractivity contribution in [1.82, 2.24) is 4.98 Å². The molecule has 0 saturated carbocycles. The molecule has 22 heavy (non-hydrogen) atoms. The molecule has 0 bridgehead atoms. The molecular formula is C18H19NO3. The van der Waals surface area contributed by atoms with Gasteiger partial charge in [0.1, 0.15) is 0 Å². The third-order valence-electron chi connectivity index (χ3n) is 3.04. The molecule has 0 fully saturated rings. The van der Waals surface area contributed by atoms with Crippen LogP contribution in [0.3, 0.4) is 0 Å². The van der Waals surface area contributed by atoms with Gasteiger partial charge in [0.25, 0.3) is 0 Å². The average Bonchev–Trinajstić information content (AvgIpc) is 2.54. The molecule has 0 aliphatic rings. The van der Waals surface area contributed by atoms with Gasteiger partial charge < -0.3 is 9.47 Å². The summed E-state index contributed by atoms with van der Waals surface area (Å²) in [4.78, 5) is 15.7. The van der Waals surface area contributed by atoms with Crippen LogP contribution in [0.4, 0.5) is 0 Å². The van der Waals surface area contributed by atoms with E-state index in [-0.39, 0.29) is 11.9 Å². The molecule has 4 nitrogen and oxygen atoms in total. The molecule has 0 saturated heterocycles. The van der Waals surface area contributed by atoms with E-state index < -0.39 is 0 Å². The van der Waals surface area contributed by atoms with Gasteiger partial charge in [0.2, 0.25) is 0 Å². The topological polar surface area (TPSA) is 48.4 Å². The molecule has 2 aromatic rings. The summed E-state index contributed by atoms with van der Waals surface area (Å²) in [7, 11) is 1.55. The highest BCUT2D eigenvalue weighted by Gasteiger charge is 2.13. The van der Waals surface area contributed by atoms with Crippen molar-refractivity contribution >= 4 is 18.1 Å². The van der Waals surface area contributed by atoms with E-state index in [1.165, 1.54) is 0 Å². The largest absolute Gasteiger partial charge is 0.493 e. The van der Waals surface area contributed by atoms with E-state index in [2.05, 4.69) is 4.98 Å². The third kappa shape index (κ3) is 4.19. The summed E-state index contributed by atoms with van der Waals surface area (Å²) in [6, 6.07) is 9.30. The Hall–Kier alpha value is -2.62. The Balaban J connectivity index is 2.18. The van der Waals surface area contributed by atoms with Gasteiger partial charge in [-0.05, 0) is 35.4 Å². The molecule has 0 aliphatic heterocycles. The highest BCUT2D eigenvalue weighted by atomic mass is 16.6. The Bertz CT molecular complexity index is 663. The van der Waals surface area contributed by atoms with Crippen LogP contribution in [-0.4, -0.2) is 18.1 Å². The van der Waals surface area contributed by atoms with Crippen LogP contribution >= 0.6 is 0 Å². The predicted octanol–water partition coefficient (Wildman–Crippen LogP) is 3.82. The lowest BCUT2D eigenvalue weighted by molar-refractivity contribution is -0.137. The molecule has 4 heteroatoms. The zero-order valence-corrected chi connectivity index (χ0v) is 12.9. The van der Waals surface area contributed by atoms with Crippen LogP contribution in [0.2, 0.25) is 0 Å². The maximum atomic E-state index is 11.7. The third-order valence-corrected chi connectivity index (χ3v) is 3.04. The zero-order valence-electron chi connectivity index (χ0n) is 12.9. The lowest BCUT2D eigenvalue weighted by Crippen LogP contribution is -2.15. The summed E-state index contributed by atoms with van der Waals surface area (Å²) >= 11 is 0. The predicted molar refractivity (Wildman–Crippen MR) is 86.6 cm³/mol. The molecule has 1 aromatic carbocycles. The number of benzene rings is 1. The SMILES string of the molecule is COc1cc(/C=C/c2ccncc2)ccc1OC(=O)C(C)C. The smallest absolute Gasteiger partial charge is 0.313 e. The molecule has 0 atom stereocenters. The number of nitrogens with zero attached hydrogens (tertiary/aromatic N) is 1. The quantitative estimate of drug-likeness (QED) is 0.622. The normalized spacial score (nSPS) is 10.9. The van der Waals surface area contributed by atoms with Gasteiger partial charge in [-0.3, -0.25) is 9.78 Å². The fourth-order valence-corrected chi connectivity index (χ4v) is 1.77. The minimum absolute atomic E-state index is 0.184. The Morgan fingerprint density at radius 1 is 1.05 bits per heavy atom. The van der Waals surface area contributed by atoms with Crippen LogP contribution < -0.4 is 9.47 Å². The lowest BCUT2D eigenvalue weighted by Gasteiger charge is -2.11. The number of methoxy groups -OCH3 is 1. The van der Waals surface area contributed by atoms with Gasteiger partial charge in [-0.25, -0.2) is 0 Å². The Kier molecular flexibility index (Phi) is 5.31. The first-order chi connectivity index (χ1) is 10.6. The molecule has 114 valence electrons. The van der Waals surface area contributed by atoms with Gasteiger partial charge >= 0.3 is 5.97 Å². The molecule has 1 aromatic heterocycles. The summed E-state index contributed by atoms with van der Waals surface area (Å²) in [6.07, 6.45) is 7.44. The van der Waals surface area contributed by atoms with Crippen molar-refractivity contribution in [2.24, 2.45) is 5.92 Å². The molecule has 0 amide bonds. The van der Waals surface area contributed by atoms with Crippen LogP contribution in [0.5, 0.6) is 11.5 Å². The van der Waals surface area contributed by atoms with Crippen molar-refractivity contribution < 1.29 is 14.3 Å². The van der Waals surface area contributed by atoms with Gasteiger partial charge in [-0.1, -0.05) is 32.1 Å². The number of carbonyl (C=O) groups excluding carboxylic acids is 1. The number of pyridine rings is 1. The summed E-state index contributed by atoms with van der Waals surface area (Å²) < 4.78 is 10.6. The maximum absolute atomic E-state index is 11.7. The minimum atomic E-state index is -0.279. The number of hydrogen-bond acceptors (Lipinski definition) is 4. The highest BCUT2D eigenvalue weighted by Crippen LogP contribution is 2.29. The van der Waals surface area contributed by atoms with Crippen molar-refractivity contribution in [1.29, 1.82) is 0 Å². The van der Waals surface area contributed by atoms with Crippen LogP contribution in [0.25, 0.3) is 12.2 Å². The summed E-state index contributed by atoms with van der Waals surface area (Å²) in [5, 5.41) is 0. The number of carbonyl (C=O) groups is 1. The van der Waals surface area contributed by atoms with Gasteiger partial charge in [0.15, 0.2) is 11.5 Å². The van der Waals surface area contributed by atoms with E-state index >= 15 is 0 Å². The standard InChI is InChI=1S/C18H19NO3/c1-13(2)18(20)22-16-7-6-15(12-17(16)21-3)5-4-14-8-10-19-11-9-14/h4-13H,1-3H3/b5-4+. The van der Waals surface area contributed by atoms with Crippen molar-refractivity contribution in [3.05, 3.63) is 53.9 Å². The van der Waals surface area contributed by atoms with Crippen molar-refractivity contribution in [3.8, 4) is 11.5 Å². The number of hydrogen-bond donors (Lipinski definition) is 0. The fraction of sp³-hybridized carbons (Fsp3) is 0.222. The fourth-order valence-electron chi connectivity index (χ4n) is 1.77. The second kappa shape index (κ2) is 7.41. The monoisotopic (exact) mass is 297 g/mol. The van der Waals surface area contributed by atoms with Gasteiger partial charge in [0.05, 0.1) is 13.0 Å². The highest BCUT2D eigenvalue weighted by molar-refractivity contribution is 5.76. The number of rotatable bonds is 5. The van der Waals surface area contributed by atoms with E-state index in [1.54, 1.807) is 39.4 Å². The number of aromatic nitrogens is 1.